The van der Waals surface area contributed by atoms with Crippen LogP contribution in [0.25, 0.3) is 0 Å². The van der Waals surface area contributed by atoms with Crippen molar-refractivity contribution in [2.24, 2.45) is 0 Å². The van der Waals surface area contributed by atoms with Gasteiger partial charge in [0.25, 0.3) is 11.8 Å². The van der Waals surface area contributed by atoms with Crippen LogP contribution in [-0.4, -0.2) is 54.3 Å². The Hall–Kier alpha value is -3.64. The number of nitrogens with zero attached hydrogens (tertiary/aromatic N) is 2. The predicted octanol–water partition coefficient (Wildman–Crippen LogP) is 8.37. The molecule has 7 heteroatoms. The zero-order valence-electron chi connectivity index (χ0n) is 26.1. The molecule has 0 bridgehead atoms. The first kappa shape index (κ1) is 32.3. The van der Waals surface area contributed by atoms with Gasteiger partial charge < -0.3 is 15.1 Å². The smallest absolute Gasteiger partial charge is 0.253 e. The summed E-state index contributed by atoms with van der Waals surface area (Å²) in [6.45, 7) is 4.14. The standard InChI is InChI=1S/C39H41Cl2N3O2/c40-34-19-18-33(28-35(34)41)38(21-11-25-44(29-38)37(46)31-14-6-2-7-15-31)20-10-24-43-26-22-39(23-27-43,32-16-8-3-9-17-32)42-36(45)30-12-4-1-5-13-30/h1-9,12-19,28H,10-11,20-27,29H2,(H,42,45). The van der Waals surface area contributed by atoms with E-state index in [-0.39, 0.29) is 17.2 Å². The molecule has 0 aromatic heterocycles. The van der Waals surface area contributed by atoms with Crippen molar-refractivity contribution in [1.29, 1.82) is 0 Å². The number of benzene rings is 4. The van der Waals surface area contributed by atoms with Gasteiger partial charge in [0, 0.05) is 42.7 Å². The number of hydrogen-bond donors (Lipinski definition) is 1. The molecule has 2 aliphatic heterocycles. The van der Waals surface area contributed by atoms with E-state index in [0.717, 1.165) is 81.4 Å². The Balaban J connectivity index is 1.15. The number of piperidine rings is 2. The first-order valence-electron chi connectivity index (χ1n) is 16.3. The van der Waals surface area contributed by atoms with E-state index >= 15 is 0 Å². The van der Waals surface area contributed by atoms with Gasteiger partial charge in [-0.3, -0.25) is 9.59 Å². The highest BCUT2D eigenvalue weighted by molar-refractivity contribution is 6.42. The molecular weight excluding hydrogens is 613 g/mol. The number of nitrogens with one attached hydrogen (secondary N) is 1. The maximum Gasteiger partial charge on any atom is 0.253 e. The Morgan fingerprint density at radius 3 is 1.98 bits per heavy atom. The molecule has 2 fully saturated rings. The average Bonchev–Trinajstić information content (AvgIpc) is 3.11. The van der Waals surface area contributed by atoms with Crippen LogP contribution in [-0.2, 0) is 11.0 Å². The van der Waals surface area contributed by atoms with E-state index in [9.17, 15) is 9.59 Å². The maximum atomic E-state index is 13.5. The monoisotopic (exact) mass is 653 g/mol. The molecule has 6 rings (SSSR count). The van der Waals surface area contributed by atoms with Crippen molar-refractivity contribution in [1.82, 2.24) is 15.1 Å². The Morgan fingerprint density at radius 1 is 0.696 bits per heavy atom. The second-order valence-corrected chi connectivity index (χ2v) is 13.6. The van der Waals surface area contributed by atoms with E-state index in [4.69, 9.17) is 23.2 Å². The largest absolute Gasteiger partial charge is 0.342 e. The first-order valence-corrected chi connectivity index (χ1v) is 17.1. The number of hydrogen-bond acceptors (Lipinski definition) is 3. The number of halogens is 2. The van der Waals surface area contributed by atoms with Crippen LogP contribution in [0.2, 0.25) is 10.0 Å². The lowest BCUT2D eigenvalue weighted by Gasteiger charge is -2.45. The molecular formula is C39H41Cl2N3O2. The number of carbonyl (C=O) groups excluding carboxylic acids is 2. The minimum atomic E-state index is -0.409. The molecule has 1 atom stereocenters. The van der Waals surface area contributed by atoms with Crippen LogP contribution in [0.3, 0.4) is 0 Å². The zero-order chi connectivity index (χ0) is 32.0. The Bertz CT molecular complexity index is 1630. The van der Waals surface area contributed by atoms with Crippen LogP contribution >= 0.6 is 23.2 Å². The van der Waals surface area contributed by atoms with Gasteiger partial charge in [0.1, 0.15) is 0 Å². The second kappa shape index (κ2) is 14.4. The fourth-order valence-electron chi connectivity index (χ4n) is 7.40. The molecule has 1 unspecified atom stereocenters. The summed E-state index contributed by atoms with van der Waals surface area (Å²) in [6, 6.07) is 35.4. The molecule has 2 heterocycles. The molecule has 46 heavy (non-hydrogen) atoms. The van der Waals surface area contributed by atoms with Crippen LogP contribution in [0.4, 0.5) is 0 Å². The molecule has 4 aromatic rings. The van der Waals surface area contributed by atoms with Gasteiger partial charge in [-0.25, -0.2) is 0 Å². The minimum absolute atomic E-state index is 0.0339. The Labute approximate surface area is 282 Å². The van der Waals surface area contributed by atoms with Crippen LogP contribution in [0.15, 0.2) is 109 Å². The van der Waals surface area contributed by atoms with Gasteiger partial charge in [-0.2, -0.15) is 0 Å². The van der Waals surface area contributed by atoms with Gasteiger partial charge in [0.2, 0.25) is 0 Å². The highest BCUT2D eigenvalue weighted by Gasteiger charge is 2.40. The predicted molar refractivity (Wildman–Crippen MR) is 187 cm³/mol. The van der Waals surface area contributed by atoms with Crippen molar-refractivity contribution in [2.75, 3.05) is 32.7 Å². The third-order valence-electron chi connectivity index (χ3n) is 9.97. The van der Waals surface area contributed by atoms with E-state index in [1.807, 2.05) is 83.8 Å². The van der Waals surface area contributed by atoms with Crippen molar-refractivity contribution >= 4 is 35.0 Å². The molecule has 4 aromatic carbocycles. The molecule has 1 N–H and O–H groups in total. The molecule has 0 radical (unpaired) electrons. The third-order valence-corrected chi connectivity index (χ3v) is 10.7. The molecule has 238 valence electrons. The molecule has 0 spiro atoms. The lowest BCUT2D eigenvalue weighted by atomic mass is 9.70. The summed E-state index contributed by atoms with van der Waals surface area (Å²) < 4.78 is 0. The third kappa shape index (κ3) is 7.17. The normalized spacial score (nSPS) is 19.8. The summed E-state index contributed by atoms with van der Waals surface area (Å²) in [5, 5.41) is 4.53. The Morgan fingerprint density at radius 2 is 1.33 bits per heavy atom. The number of likely N-dealkylation sites (tertiary alicyclic amines) is 2. The molecule has 2 saturated heterocycles. The van der Waals surface area contributed by atoms with Crippen LogP contribution in [0.5, 0.6) is 0 Å². The highest BCUT2D eigenvalue weighted by Crippen LogP contribution is 2.41. The quantitative estimate of drug-likeness (QED) is 0.197. The van der Waals surface area contributed by atoms with E-state index in [1.165, 1.54) is 0 Å². The summed E-state index contributed by atoms with van der Waals surface area (Å²) in [5.74, 6) is 0.0453. The van der Waals surface area contributed by atoms with E-state index in [1.54, 1.807) is 0 Å². The second-order valence-electron chi connectivity index (χ2n) is 12.8. The molecule has 0 saturated carbocycles. The van der Waals surface area contributed by atoms with Crippen LogP contribution in [0, 0.1) is 0 Å². The van der Waals surface area contributed by atoms with Crippen molar-refractivity contribution < 1.29 is 9.59 Å². The Kier molecular flexibility index (Phi) is 10.1. The van der Waals surface area contributed by atoms with Gasteiger partial charge in [0.05, 0.1) is 15.6 Å². The summed E-state index contributed by atoms with van der Waals surface area (Å²) in [4.78, 5) is 31.4. The van der Waals surface area contributed by atoms with E-state index in [0.29, 0.717) is 22.2 Å². The van der Waals surface area contributed by atoms with E-state index < -0.39 is 5.54 Å². The van der Waals surface area contributed by atoms with Crippen LogP contribution in [0.1, 0.15) is 70.4 Å². The molecule has 0 aliphatic carbocycles. The number of rotatable bonds is 9. The lowest BCUT2D eigenvalue weighted by molar-refractivity contribution is 0.0615. The van der Waals surface area contributed by atoms with Gasteiger partial charge in [-0.1, -0.05) is 96.0 Å². The van der Waals surface area contributed by atoms with Crippen molar-refractivity contribution in [3.05, 3.63) is 141 Å². The topological polar surface area (TPSA) is 52.7 Å². The minimum Gasteiger partial charge on any atom is -0.342 e. The lowest BCUT2D eigenvalue weighted by Crippen LogP contribution is -2.53. The molecule has 2 amide bonds. The average molecular weight is 655 g/mol. The van der Waals surface area contributed by atoms with Gasteiger partial charge >= 0.3 is 0 Å². The van der Waals surface area contributed by atoms with Gasteiger partial charge in [-0.05, 0) is 92.6 Å². The van der Waals surface area contributed by atoms with Gasteiger partial charge in [0.15, 0.2) is 0 Å². The summed E-state index contributed by atoms with van der Waals surface area (Å²) in [7, 11) is 0. The number of carbonyl (C=O) groups is 2. The zero-order valence-corrected chi connectivity index (χ0v) is 27.6. The van der Waals surface area contributed by atoms with Crippen molar-refractivity contribution in [2.45, 2.75) is 49.5 Å². The summed E-state index contributed by atoms with van der Waals surface area (Å²) in [6.07, 6.45) is 5.53. The molecule has 2 aliphatic rings. The van der Waals surface area contributed by atoms with Crippen molar-refractivity contribution in [3.8, 4) is 0 Å². The fraction of sp³-hybridized carbons (Fsp3) is 0.333. The summed E-state index contributed by atoms with van der Waals surface area (Å²) >= 11 is 12.9. The fourth-order valence-corrected chi connectivity index (χ4v) is 7.70. The van der Waals surface area contributed by atoms with Crippen LogP contribution < -0.4 is 5.32 Å². The molecule has 5 nitrogen and oxygen atoms in total. The number of amides is 2. The maximum absolute atomic E-state index is 13.5. The van der Waals surface area contributed by atoms with Gasteiger partial charge in [-0.15, -0.1) is 0 Å². The SMILES string of the molecule is O=C(NC1(c2ccccc2)CCN(CCCC2(c3ccc(Cl)c(Cl)c3)CCCN(C(=O)c3ccccc3)C2)CC1)c1ccccc1. The summed E-state index contributed by atoms with van der Waals surface area (Å²) in [5.41, 5.74) is 3.10. The first-order chi connectivity index (χ1) is 22.4. The van der Waals surface area contributed by atoms with E-state index in [2.05, 4.69) is 40.5 Å². The highest BCUT2D eigenvalue weighted by atomic mass is 35.5. The van der Waals surface area contributed by atoms with Crippen molar-refractivity contribution in [3.63, 3.8) is 0 Å².